The minimum absolute atomic E-state index is 0.0626. The van der Waals surface area contributed by atoms with Gasteiger partial charge >= 0.3 is 6.09 Å². The first-order chi connectivity index (χ1) is 18.4. The zero-order valence-electron chi connectivity index (χ0n) is 21.4. The van der Waals surface area contributed by atoms with Crippen LogP contribution in [-0.2, 0) is 28.9 Å². The van der Waals surface area contributed by atoms with E-state index >= 15 is 0 Å². The van der Waals surface area contributed by atoms with Gasteiger partial charge in [-0.2, -0.15) is 0 Å². The number of hydrogen-bond donors (Lipinski definition) is 1. The van der Waals surface area contributed by atoms with Gasteiger partial charge in [0, 0.05) is 29.5 Å². The maximum absolute atomic E-state index is 12.9. The molecule has 1 amide bonds. The minimum atomic E-state index is -0.616. The van der Waals surface area contributed by atoms with Gasteiger partial charge in [-0.25, -0.2) is 24.1 Å². The maximum atomic E-state index is 12.9. The van der Waals surface area contributed by atoms with Crippen molar-refractivity contribution < 1.29 is 18.7 Å². The molecule has 9 nitrogen and oxygen atoms in total. The molecule has 204 valence electrons. The molecule has 2 atom stereocenters. The second kappa shape index (κ2) is 13.2. The number of anilines is 1. The third-order valence-corrected chi connectivity index (χ3v) is 6.83. The fraction of sp³-hybridized carbons (Fsp3) is 0.462. The molecule has 0 aliphatic carbocycles. The van der Waals surface area contributed by atoms with Crippen molar-refractivity contribution >= 4 is 35.1 Å². The van der Waals surface area contributed by atoms with Crippen molar-refractivity contribution in [1.29, 1.82) is 0 Å². The standard InChI is InChI=1S/C26H31Cl2FN6O3/c1-3-20-24(18-6-5-17(27)13-19(18)28)31-21(4-2)25(32-20)33-22-14-35(15-23(22)37-11-7-29)26(36)38-12-10-34-9-8-30-16-34/h5-6,8-9,13,16,22-23H,3-4,7,10-12,14-15H2,1-2H3,(H,32,33). The molecule has 1 aromatic carbocycles. The number of alkyl halides is 1. The normalized spacial score (nSPS) is 17.1. The Morgan fingerprint density at radius 1 is 1.16 bits per heavy atom. The first-order valence-corrected chi connectivity index (χ1v) is 13.4. The summed E-state index contributed by atoms with van der Waals surface area (Å²) >= 11 is 12.6. The van der Waals surface area contributed by atoms with Crippen LogP contribution in [0, 0.1) is 0 Å². The number of ether oxygens (including phenoxy) is 2. The summed E-state index contributed by atoms with van der Waals surface area (Å²) in [5.74, 6) is 0.604. The van der Waals surface area contributed by atoms with E-state index in [1.165, 1.54) is 0 Å². The van der Waals surface area contributed by atoms with Gasteiger partial charge in [0.25, 0.3) is 0 Å². The Kier molecular flexibility index (Phi) is 9.76. The Labute approximate surface area is 231 Å². The van der Waals surface area contributed by atoms with Crippen molar-refractivity contribution in [3.05, 3.63) is 58.4 Å². The van der Waals surface area contributed by atoms with Gasteiger partial charge in [0.1, 0.15) is 19.1 Å². The summed E-state index contributed by atoms with van der Waals surface area (Å²) < 4.78 is 26.0. The Bertz CT molecular complexity index is 1230. The van der Waals surface area contributed by atoms with E-state index in [-0.39, 0.29) is 25.8 Å². The van der Waals surface area contributed by atoms with Crippen molar-refractivity contribution in [3.63, 3.8) is 0 Å². The van der Waals surface area contributed by atoms with E-state index in [4.69, 9.17) is 42.6 Å². The molecular weight excluding hydrogens is 534 g/mol. The number of carbonyl (C=O) groups is 1. The number of amides is 1. The van der Waals surface area contributed by atoms with E-state index in [9.17, 15) is 9.18 Å². The van der Waals surface area contributed by atoms with E-state index in [0.717, 1.165) is 17.0 Å². The lowest BCUT2D eigenvalue weighted by atomic mass is 10.1. The summed E-state index contributed by atoms with van der Waals surface area (Å²) in [6.45, 7) is 4.61. The molecule has 0 saturated carbocycles. The van der Waals surface area contributed by atoms with Crippen molar-refractivity contribution in [2.24, 2.45) is 0 Å². The van der Waals surface area contributed by atoms with E-state index in [0.29, 0.717) is 47.5 Å². The van der Waals surface area contributed by atoms with E-state index < -0.39 is 18.9 Å². The first kappa shape index (κ1) is 28.1. The van der Waals surface area contributed by atoms with Gasteiger partial charge in [-0.1, -0.05) is 37.0 Å². The van der Waals surface area contributed by atoms with Crippen LogP contribution in [0.4, 0.5) is 15.0 Å². The van der Waals surface area contributed by atoms with E-state index in [1.807, 2.05) is 24.5 Å². The average molecular weight is 565 g/mol. The van der Waals surface area contributed by atoms with Crippen LogP contribution in [-0.4, -0.2) is 75.6 Å². The summed E-state index contributed by atoms with van der Waals surface area (Å²) in [7, 11) is 0. The Morgan fingerprint density at radius 3 is 2.66 bits per heavy atom. The highest BCUT2D eigenvalue weighted by molar-refractivity contribution is 6.36. The average Bonchev–Trinajstić information content (AvgIpc) is 3.57. The van der Waals surface area contributed by atoms with Gasteiger partial charge in [0.15, 0.2) is 0 Å². The molecule has 38 heavy (non-hydrogen) atoms. The summed E-state index contributed by atoms with van der Waals surface area (Å²) in [5, 5.41) is 4.47. The Morgan fingerprint density at radius 2 is 1.97 bits per heavy atom. The largest absolute Gasteiger partial charge is 0.448 e. The topological polar surface area (TPSA) is 94.4 Å². The molecule has 1 fully saturated rings. The highest BCUT2D eigenvalue weighted by Gasteiger charge is 2.37. The molecule has 12 heteroatoms. The molecule has 1 aliphatic rings. The lowest BCUT2D eigenvalue weighted by Crippen LogP contribution is -2.36. The molecule has 0 spiro atoms. The van der Waals surface area contributed by atoms with Gasteiger partial charge < -0.3 is 24.3 Å². The molecule has 1 aliphatic heterocycles. The van der Waals surface area contributed by atoms with Crippen molar-refractivity contribution in [2.45, 2.75) is 45.4 Å². The molecule has 1 saturated heterocycles. The first-order valence-electron chi connectivity index (χ1n) is 12.6. The van der Waals surface area contributed by atoms with Gasteiger partial charge in [-0.3, -0.25) is 0 Å². The molecule has 3 aromatic rings. The van der Waals surface area contributed by atoms with Gasteiger partial charge in [0.05, 0.1) is 60.3 Å². The lowest BCUT2D eigenvalue weighted by molar-refractivity contribution is 0.0427. The summed E-state index contributed by atoms with van der Waals surface area (Å²) in [5.41, 5.74) is 2.98. The van der Waals surface area contributed by atoms with E-state index in [2.05, 4.69) is 10.3 Å². The van der Waals surface area contributed by atoms with Gasteiger partial charge in [-0.05, 0) is 31.0 Å². The summed E-state index contributed by atoms with van der Waals surface area (Å²) in [6.07, 6.45) is 5.48. The van der Waals surface area contributed by atoms with Crippen LogP contribution in [0.2, 0.25) is 10.0 Å². The predicted octanol–water partition coefficient (Wildman–Crippen LogP) is 5.06. The Hall–Kier alpha value is -2.95. The maximum Gasteiger partial charge on any atom is 0.409 e. The van der Waals surface area contributed by atoms with Crippen molar-refractivity contribution in [1.82, 2.24) is 24.4 Å². The van der Waals surface area contributed by atoms with Crippen LogP contribution in [0.15, 0.2) is 36.9 Å². The number of carbonyl (C=O) groups excluding carboxylic acids is 1. The summed E-state index contributed by atoms with van der Waals surface area (Å²) in [4.78, 5) is 28.1. The van der Waals surface area contributed by atoms with Crippen LogP contribution < -0.4 is 5.32 Å². The molecular formula is C26H31Cl2FN6O3. The fourth-order valence-electron chi connectivity index (χ4n) is 4.36. The zero-order valence-corrected chi connectivity index (χ0v) is 22.9. The van der Waals surface area contributed by atoms with Crippen LogP contribution in [0.3, 0.4) is 0 Å². The monoisotopic (exact) mass is 564 g/mol. The second-order valence-electron chi connectivity index (χ2n) is 8.81. The number of likely N-dealkylation sites (tertiary alicyclic amines) is 1. The number of benzene rings is 1. The van der Waals surface area contributed by atoms with Crippen LogP contribution >= 0.6 is 23.2 Å². The van der Waals surface area contributed by atoms with E-state index in [1.54, 1.807) is 35.8 Å². The molecule has 2 unspecified atom stereocenters. The number of aromatic nitrogens is 4. The number of nitrogens with zero attached hydrogens (tertiary/aromatic N) is 5. The molecule has 0 radical (unpaired) electrons. The number of imidazole rings is 1. The lowest BCUT2D eigenvalue weighted by Gasteiger charge is -2.22. The van der Waals surface area contributed by atoms with Crippen LogP contribution in [0.25, 0.3) is 11.3 Å². The molecule has 4 rings (SSSR count). The highest BCUT2D eigenvalue weighted by atomic mass is 35.5. The third-order valence-electron chi connectivity index (χ3n) is 6.29. The number of aryl methyl sites for hydroxylation is 2. The minimum Gasteiger partial charge on any atom is -0.448 e. The molecule has 0 bridgehead atoms. The summed E-state index contributed by atoms with van der Waals surface area (Å²) in [6, 6.07) is 4.98. The number of nitrogens with one attached hydrogen (secondary N) is 1. The smallest absolute Gasteiger partial charge is 0.409 e. The highest BCUT2D eigenvalue weighted by Crippen LogP contribution is 2.33. The fourth-order valence-corrected chi connectivity index (χ4v) is 4.86. The Balaban J connectivity index is 1.51. The van der Waals surface area contributed by atoms with Crippen LogP contribution in [0.1, 0.15) is 25.2 Å². The third kappa shape index (κ3) is 6.73. The second-order valence-corrected chi connectivity index (χ2v) is 9.66. The quantitative estimate of drug-likeness (QED) is 0.348. The molecule has 3 heterocycles. The van der Waals surface area contributed by atoms with Crippen molar-refractivity contribution in [3.8, 4) is 11.3 Å². The number of hydrogen-bond acceptors (Lipinski definition) is 7. The predicted molar refractivity (Wildman–Crippen MR) is 145 cm³/mol. The van der Waals surface area contributed by atoms with Gasteiger partial charge in [0.2, 0.25) is 0 Å². The number of halogens is 3. The SMILES string of the molecule is CCc1nc(-c2ccc(Cl)cc2Cl)c(CC)nc1NC1CN(C(=O)OCCn2ccnc2)CC1OCCF. The van der Waals surface area contributed by atoms with Crippen molar-refractivity contribution in [2.75, 3.05) is 38.3 Å². The zero-order chi connectivity index (χ0) is 27.1. The molecule has 1 N–H and O–H groups in total. The van der Waals surface area contributed by atoms with Crippen LogP contribution in [0.5, 0.6) is 0 Å². The van der Waals surface area contributed by atoms with Gasteiger partial charge in [-0.15, -0.1) is 0 Å². The molecule has 2 aromatic heterocycles. The number of rotatable bonds is 11.